The van der Waals surface area contributed by atoms with Crippen LogP contribution < -0.4 is 10.6 Å². The molecule has 0 bridgehead atoms. The van der Waals surface area contributed by atoms with Crippen molar-refractivity contribution in [2.45, 2.75) is 20.4 Å². The van der Waals surface area contributed by atoms with Crippen molar-refractivity contribution < 1.29 is 9.21 Å². The van der Waals surface area contributed by atoms with E-state index in [1.165, 1.54) is 0 Å². The van der Waals surface area contributed by atoms with E-state index in [1.54, 1.807) is 25.4 Å². The van der Waals surface area contributed by atoms with Crippen molar-refractivity contribution in [1.29, 1.82) is 0 Å². The number of aromatic nitrogens is 2. The quantitative estimate of drug-likeness (QED) is 0.873. The fourth-order valence-corrected chi connectivity index (χ4v) is 1.67. The van der Waals surface area contributed by atoms with Gasteiger partial charge in [-0.1, -0.05) is 0 Å². The van der Waals surface area contributed by atoms with Gasteiger partial charge in [0.15, 0.2) is 0 Å². The molecule has 0 aliphatic carbocycles. The van der Waals surface area contributed by atoms with Crippen LogP contribution in [-0.2, 0) is 6.54 Å². The van der Waals surface area contributed by atoms with Crippen molar-refractivity contribution in [3.05, 3.63) is 41.2 Å². The van der Waals surface area contributed by atoms with E-state index in [4.69, 9.17) is 4.42 Å². The number of carbonyl (C=O) groups is 1. The molecular weight excluding hydrogens is 244 g/mol. The van der Waals surface area contributed by atoms with E-state index in [2.05, 4.69) is 20.6 Å². The van der Waals surface area contributed by atoms with Crippen molar-refractivity contribution in [3.63, 3.8) is 0 Å². The summed E-state index contributed by atoms with van der Waals surface area (Å²) in [4.78, 5) is 20.3. The lowest BCUT2D eigenvalue weighted by atomic mass is 10.2. The number of aryl methyl sites for hydroxylation is 2. The number of hydrogen-bond donors (Lipinski definition) is 2. The molecule has 0 aliphatic heterocycles. The van der Waals surface area contributed by atoms with Crippen LogP contribution in [-0.4, -0.2) is 22.9 Å². The Morgan fingerprint density at radius 1 is 1.37 bits per heavy atom. The third-order valence-corrected chi connectivity index (χ3v) is 2.54. The summed E-state index contributed by atoms with van der Waals surface area (Å²) in [6.07, 6.45) is 1.62. The molecule has 0 saturated carbocycles. The maximum atomic E-state index is 12.0. The Morgan fingerprint density at radius 2 is 2.16 bits per heavy atom. The Balaban J connectivity index is 2.05. The Bertz CT molecular complexity index is 592. The summed E-state index contributed by atoms with van der Waals surface area (Å²) in [7, 11) is 1.76. The third-order valence-electron chi connectivity index (χ3n) is 2.54. The first-order valence-corrected chi connectivity index (χ1v) is 5.94. The minimum absolute atomic E-state index is 0.183. The van der Waals surface area contributed by atoms with E-state index in [1.807, 2.05) is 13.8 Å². The molecule has 0 atom stereocenters. The van der Waals surface area contributed by atoms with Crippen LogP contribution in [0.3, 0.4) is 0 Å². The Labute approximate surface area is 111 Å². The SMILES string of the molecule is CNc1cc(C(=O)NCc2ncc(C)o2)cc(C)n1. The number of carbonyl (C=O) groups excluding carboxylic acids is 1. The van der Waals surface area contributed by atoms with Crippen LogP contribution >= 0.6 is 0 Å². The molecule has 1 amide bonds. The van der Waals surface area contributed by atoms with Crippen LogP contribution in [0.2, 0.25) is 0 Å². The average Bonchev–Trinajstić information content (AvgIpc) is 2.81. The summed E-state index contributed by atoms with van der Waals surface area (Å²) >= 11 is 0. The lowest BCUT2D eigenvalue weighted by Crippen LogP contribution is -2.23. The minimum atomic E-state index is -0.183. The van der Waals surface area contributed by atoms with Crippen LogP contribution in [0.4, 0.5) is 5.82 Å². The highest BCUT2D eigenvalue weighted by atomic mass is 16.4. The molecule has 6 nitrogen and oxygen atoms in total. The van der Waals surface area contributed by atoms with E-state index in [0.29, 0.717) is 17.3 Å². The van der Waals surface area contributed by atoms with Gasteiger partial charge in [-0.15, -0.1) is 0 Å². The summed E-state index contributed by atoms with van der Waals surface area (Å²) in [5.41, 5.74) is 1.34. The number of nitrogens with one attached hydrogen (secondary N) is 2. The number of anilines is 1. The second kappa shape index (κ2) is 5.51. The highest BCUT2D eigenvalue weighted by molar-refractivity contribution is 5.94. The molecule has 2 rings (SSSR count). The normalized spacial score (nSPS) is 10.3. The van der Waals surface area contributed by atoms with Crippen molar-refractivity contribution in [1.82, 2.24) is 15.3 Å². The highest BCUT2D eigenvalue weighted by Gasteiger charge is 2.09. The number of nitrogens with zero attached hydrogens (tertiary/aromatic N) is 2. The molecule has 100 valence electrons. The molecule has 0 fully saturated rings. The average molecular weight is 260 g/mol. The maximum Gasteiger partial charge on any atom is 0.251 e. The Hall–Kier alpha value is -2.37. The Morgan fingerprint density at radius 3 is 2.79 bits per heavy atom. The molecule has 2 aromatic heterocycles. The zero-order valence-corrected chi connectivity index (χ0v) is 11.2. The molecule has 0 unspecified atom stereocenters. The number of amides is 1. The molecule has 2 N–H and O–H groups in total. The molecule has 0 saturated heterocycles. The van der Waals surface area contributed by atoms with Gasteiger partial charge in [0.25, 0.3) is 5.91 Å². The molecule has 0 spiro atoms. The van der Waals surface area contributed by atoms with Gasteiger partial charge in [-0.3, -0.25) is 4.79 Å². The van der Waals surface area contributed by atoms with E-state index in [0.717, 1.165) is 11.5 Å². The van der Waals surface area contributed by atoms with Gasteiger partial charge < -0.3 is 15.1 Å². The largest absolute Gasteiger partial charge is 0.444 e. The monoisotopic (exact) mass is 260 g/mol. The van der Waals surface area contributed by atoms with Crippen molar-refractivity contribution in [2.24, 2.45) is 0 Å². The minimum Gasteiger partial charge on any atom is -0.444 e. The molecule has 2 heterocycles. The highest BCUT2D eigenvalue weighted by Crippen LogP contribution is 2.10. The molecule has 0 aromatic carbocycles. The van der Waals surface area contributed by atoms with Gasteiger partial charge in [-0.05, 0) is 26.0 Å². The first kappa shape index (κ1) is 13.1. The van der Waals surface area contributed by atoms with Crippen molar-refractivity contribution in [2.75, 3.05) is 12.4 Å². The van der Waals surface area contributed by atoms with E-state index < -0.39 is 0 Å². The molecule has 2 aromatic rings. The van der Waals surface area contributed by atoms with Gasteiger partial charge in [-0.2, -0.15) is 0 Å². The van der Waals surface area contributed by atoms with Crippen molar-refractivity contribution >= 4 is 11.7 Å². The summed E-state index contributed by atoms with van der Waals surface area (Å²) in [5.74, 6) is 1.70. The first-order valence-electron chi connectivity index (χ1n) is 5.94. The smallest absolute Gasteiger partial charge is 0.251 e. The fourth-order valence-electron chi connectivity index (χ4n) is 1.67. The molecular formula is C13H16N4O2. The predicted molar refractivity (Wildman–Crippen MR) is 70.9 cm³/mol. The topological polar surface area (TPSA) is 80.0 Å². The van der Waals surface area contributed by atoms with Crippen LogP contribution in [0, 0.1) is 13.8 Å². The summed E-state index contributed by atoms with van der Waals surface area (Å²) < 4.78 is 5.29. The standard InChI is InChI=1S/C13H16N4O2/c1-8-4-10(5-11(14-3)17-8)13(18)16-7-12-15-6-9(2)19-12/h4-6H,7H2,1-3H3,(H,14,17)(H,16,18). The number of oxazole rings is 1. The second-order valence-electron chi connectivity index (χ2n) is 4.18. The summed E-state index contributed by atoms with van der Waals surface area (Å²) in [5, 5.41) is 5.67. The molecule has 6 heteroatoms. The molecule has 0 aliphatic rings. The van der Waals surface area contributed by atoms with Crippen molar-refractivity contribution in [3.8, 4) is 0 Å². The second-order valence-corrected chi connectivity index (χ2v) is 4.18. The third kappa shape index (κ3) is 3.31. The van der Waals surface area contributed by atoms with E-state index >= 15 is 0 Å². The summed E-state index contributed by atoms with van der Waals surface area (Å²) in [6.45, 7) is 3.92. The fraction of sp³-hybridized carbons (Fsp3) is 0.308. The van der Waals surface area contributed by atoms with Gasteiger partial charge in [0.1, 0.15) is 11.6 Å². The lowest BCUT2D eigenvalue weighted by molar-refractivity contribution is 0.0947. The van der Waals surface area contributed by atoms with Crippen LogP contribution in [0.15, 0.2) is 22.7 Å². The van der Waals surface area contributed by atoms with Gasteiger partial charge in [-0.25, -0.2) is 9.97 Å². The van der Waals surface area contributed by atoms with Gasteiger partial charge in [0.05, 0.1) is 12.7 Å². The van der Waals surface area contributed by atoms with Gasteiger partial charge in [0.2, 0.25) is 5.89 Å². The van der Waals surface area contributed by atoms with Gasteiger partial charge in [0, 0.05) is 18.3 Å². The molecule has 0 radical (unpaired) electrons. The zero-order valence-electron chi connectivity index (χ0n) is 11.2. The predicted octanol–water partition coefficient (Wildman–Crippen LogP) is 1.66. The van der Waals surface area contributed by atoms with Crippen LogP contribution in [0.1, 0.15) is 27.7 Å². The van der Waals surface area contributed by atoms with E-state index in [9.17, 15) is 4.79 Å². The molecule has 19 heavy (non-hydrogen) atoms. The first-order chi connectivity index (χ1) is 9.08. The lowest BCUT2D eigenvalue weighted by Gasteiger charge is -2.06. The van der Waals surface area contributed by atoms with Crippen LogP contribution in [0.25, 0.3) is 0 Å². The maximum absolute atomic E-state index is 12.0. The number of pyridine rings is 1. The van der Waals surface area contributed by atoms with Crippen LogP contribution in [0.5, 0.6) is 0 Å². The van der Waals surface area contributed by atoms with E-state index in [-0.39, 0.29) is 12.5 Å². The Kier molecular flexibility index (Phi) is 3.79. The zero-order chi connectivity index (χ0) is 13.8. The summed E-state index contributed by atoms with van der Waals surface area (Å²) in [6, 6.07) is 3.43. The number of rotatable bonds is 4. The number of hydrogen-bond acceptors (Lipinski definition) is 5. The van der Waals surface area contributed by atoms with Gasteiger partial charge >= 0.3 is 0 Å².